The molecule has 55 valence electrons. The largest absolute Gasteiger partial charge is 0.394 e. The highest BCUT2D eigenvalue weighted by Gasteiger charge is 2.03. The number of aliphatic hydroxyl groups is 1. The van der Waals surface area contributed by atoms with Crippen LogP contribution in [0.25, 0.3) is 0 Å². The zero-order chi connectivity index (χ0) is 7.28. The summed E-state index contributed by atoms with van der Waals surface area (Å²) in [6.07, 6.45) is 0.860. The van der Waals surface area contributed by atoms with Gasteiger partial charge in [-0.1, -0.05) is 6.92 Å². The smallest absolute Gasteiger partial charge is 0.0781 e. The minimum atomic E-state index is -0.0539. The molecule has 0 heterocycles. The third kappa shape index (κ3) is 4.43. The van der Waals surface area contributed by atoms with Gasteiger partial charge < -0.3 is 9.84 Å². The minimum Gasteiger partial charge on any atom is -0.394 e. The van der Waals surface area contributed by atoms with Gasteiger partial charge in [0.05, 0.1) is 18.8 Å². The highest BCUT2D eigenvalue weighted by atomic mass is 16.5. The van der Waals surface area contributed by atoms with Crippen LogP contribution in [-0.4, -0.2) is 23.9 Å². The average molecular weight is 131 g/mol. The highest BCUT2D eigenvalue weighted by molar-refractivity contribution is 4.54. The lowest BCUT2D eigenvalue weighted by Gasteiger charge is -2.14. The lowest BCUT2D eigenvalue weighted by atomic mass is 10.3. The lowest BCUT2D eigenvalue weighted by Crippen LogP contribution is -2.19. The third-order valence-corrected chi connectivity index (χ3v) is 1.13. The van der Waals surface area contributed by atoms with Gasteiger partial charge in [0.25, 0.3) is 0 Å². The van der Waals surface area contributed by atoms with Gasteiger partial charge in [-0.2, -0.15) is 0 Å². The Morgan fingerprint density at radius 1 is 1.44 bits per heavy atom. The Labute approximate surface area is 56.8 Å². The van der Waals surface area contributed by atoms with Gasteiger partial charge >= 0.3 is 0 Å². The maximum atomic E-state index is 8.53. The summed E-state index contributed by atoms with van der Waals surface area (Å²) in [5.74, 6) is 0. The quantitative estimate of drug-likeness (QED) is 0.616. The van der Waals surface area contributed by atoms with E-state index < -0.39 is 0 Å². The Morgan fingerprint density at radius 3 is 2.33 bits per heavy atom. The van der Waals surface area contributed by atoms with Crippen molar-refractivity contribution in [2.24, 2.45) is 0 Å². The normalized spacial score (nSPS) is 17.3. The first-order valence-electron chi connectivity index (χ1n) is 3.26. The number of hydrogen-bond acceptors (Lipinski definition) is 2. The number of rotatable bonds is 4. The van der Waals surface area contributed by atoms with Crippen LogP contribution in [0.4, 0.5) is 0 Å². The van der Waals surface area contributed by atoms with E-state index in [1.165, 1.54) is 0 Å². The molecule has 1 N–H and O–H groups in total. The van der Waals surface area contributed by atoms with Crippen molar-refractivity contribution >= 4 is 0 Å². The molecule has 0 fully saturated rings. The molecule has 2 atom stereocenters. The van der Waals surface area contributed by atoms with E-state index in [0.717, 1.165) is 6.42 Å². The molecule has 1 radical (unpaired) electrons. The minimum absolute atomic E-state index is 0.0539. The second-order valence-corrected chi connectivity index (χ2v) is 2.23. The topological polar surface area (TPSA) is 29.5 Å². The van der Waals surface area contributed by atoms with E-state index in [-0.39, 0.29) is 18.8 Å². The number of ether oxygens (including phenoxy) is 1. The summed E-state index contributed by atoms with van der Waals surface area (Å²) in [6, 6.07) is 0. The van der Waals surface area contributed by atoms with E-state index >= 15 is 0 Å². The molecule has 0 saturated heterocycles. The van der Waals surface area contributed by atoms with Crippen molar-refractivity contribution in [3.63, 3.8) is 0 Å². The molecule has 0 bridgehead atoms. The van der Waals surface area contributed by atoms with Gasteiger partial charge in [0, 0.05) is 0 Å². The molecule has 0 aliphatic carbocycles. The van der Waals surface area contributed by atoms with E-state index in [0.29, 0.717) is 0 Å². The fourth-order valence-electron chi connectivity index (χ4n) is 0.508. The van der Waals surface area contributed by atoms with Crippen molar-refractivity contribution < 1.29 is 9.84 Å². The van der Waals surface area contributed by atoms with Crippen LogP contribution in [0.5, 0.6) is 0 Å². The van der Waals surface area contributed by atoms with E-state index in [2.05, 4.69) is 6.92 Å². The molecule has 0 rings (SSSR count). The predicted molar refractivity (Wildman–Crippen MR) is 37.1 cm³/mol. The molecule has 2 nitrogen and oxygen atoms in total. The zero-order valence-electron chi connectivity index (χ0n) is 6.13. The van der Waals surface area contributed by atoms with Crippen molar-refractivity contribution in [2.75, 3.05) is 6.61 Å². The van der Waals surface area contributed by atoms with Crippen LogP contribution in [0.3, 0.4) is 0 Å². The first-order valence-corrected chi connectivity index (χ1v) is 3.26. The van der Waals surface area contributed by atoms with Crippen LogP contribution in [-0.2, 0) is 4.74 Å². The zero-order valence-corrected chi connectivity index (χ0v) is 6.13. The molecule has 9 heavy (non-hydrogen) atoms. The Hall–Kier alpha value is -0.0800. The molecule has 0 amide bonds. The molecule has 0 aromatic carbocycles. The summed E-state index contributed by atoms with van der Waals surface area (Å²) in [4.78, 5) is 0. The average Bonchev–Trinajstić information content (AvgIpc) is 1.87. The summed E-state index contributed by atoms with van der Waals surface area (Å²) in [7, 11) is 0. The second-order valence-electron chi connectivity index (χ2n) is 2.23. The van der Waals surface area contributed by atoms with Gasteiger partial charge in [0.1, 0.15) is 0 Å². The van der Waals surface area contributed by atoms with Crippen LogP contribution in [0.2, 0.25) is 0 Å². The maximum absolute atomic E-state index is 8.53. The van der Waals surface area contributed by atoms with Crippen molar-refractivity contribution in [3.05, 3.63) is 6.92 Å². The van der Waals surface area contributed by atoms with Gasteiger partial charge in [0.2, 0.25) is 0 Å². The molecule has 0 saturated carbocycles. The van der Waals surface area contributed by atoms with Gasteiger partial charge in [0.15, 0.2) is 0 Å². The summed E-state index contributed by atoms with van der Waals surface area (Å²) in [5, 5.41) is 8.53. The van der Waals surface area contributed by atoms with Gasteiger partial charge in [-0.05, 0) is 20.3 Å². The summed E-state index contributed by atoms with van der Waals surface area (Å²) >= 11 is 0. The van der Waals surface area contributed by atoms with E-state index in [9.17, 15) is 0 Å². The van der Waals surface area contributed by atoms with Gasteiger partial charge in [-0.15, -0.1) is 0 Å². The highest BCUT2D eigenvalue weighted by Crippen LogP contribution is 1.99. The summed E-state index contributed by atoms with van der Waals surface area (Å²) < 4.78 is 5.24. The third-order valence-electron chi connectivity index (χ3n) is 1.13. The van der Waals surface area contributed by atoms with Gasteiger partial charge in [-0.3, -0.25) is 0 Å². The van der Waals surface area contributed by atoms with Crippen molar-refractivity contribution in [3.8, 4) is 0 Å². The maximum Gasteiger partial charge on any atom is 0.0781 e. The fourth-order valence-corrected chi connectivity index (χ4v) is 0.508. The lowest BCUT2D eigenvalue weighted by molar-refractivity contribution is -0.0192. The van der Waals surface area contributed by atoms with Crippen LogP contribution >= 0.6 is 0 Å². The Balaban J connectivity index is 3.22. The van der Waals surface area contributed by atoms with E-state index in [1.54, 1.807) is 0 Å². The molecular weight excluding hydrogens is 116 g/mol. The van der Waals surface area contributed by atoms with Crippen LogP contribution in [0.15, 0.2) is 0 Å². The van der Waals surface area contributed by atoms with Gasteiger partial charge in [-0.25, -0.2) is 0 Å². The van der Waals surface area contributed by atoms with E-state index in [1.807, 2.05) is 13.8 Å². The van der Waals surface area contributed by atoms with E-state index in [4.69, 9.17) is 9.84 Å². The van der Waals surface area contributed by atoms with Crippen molar-refractivity contribution in [1.82, 2.24) is 0 Å². The molecule has 0 aliphatic heterocycles. The second kappa shape index (κ2) is 4.77. The van der Waals surface area contributed by atoms with Crippen molar-refractivity contribution in [2.45, 2.75) is 32.5 Å². The first-order chi connectivity index (χ1) is 4.20. The predicted octanol–water partition coefficient (Wildman–Crippen LogP) is 0.996. The summed E-state index contributed by atoms with van der Waals surface area (Å²) in [6.45, 7) is 7.54. The molecule has 0 spiro atoms. The number of aliphatic hydroxyl groups excluding tert-OH is 1. The first kappa shape index (κ1) is 8.92. The molecule has 2 heteroatoms. The Kier molecular flexibility index (Phi) is 4.72. The monoisotopic (exact) mass is 131 g/mol. The Morgan fingerprint density at radius 2 is 2.00 bits per heavy atom. The van der Waals surface area contributed by atoms with Crippen molar-refractivity contribution in [1.29, 1.82) is 0 Å². The SMILES string of the molecule is [CH2]CC(C)OC(C)CO. The molecular formula is C7H15O2. The van der Waals surface area contributed by atoms with Crippen LogP contribution < -0.4 is 0 Å². The van der Waals surface area contributed by atoms with Crippen LogP contribution in [0.1, 0.15) is 20.3 Å². The molecule has 2 unspecified atom stereocenters. The number of hydrogen-bond donors (Lipinski definition) is 1. The fraction of sp³-hybridized carbons (Fsp3) is 0.857. The molecule has 0 aliphatic rings. The summed E-state index contributed by atoms with van der Waals surface area (Å²) in [5.41, 5.74) is 0. The Bertz CT molecular complexity index is 55.9. The molecule has 0 aromatic heterocycles. The van der Waals surface area contributed by atoms with Crippen LogP contribution in [0, 0.1) is 6.92 Å². The standard InChI is InChI=1S/C7H15O2/c1-4-6(2)9-7(3)5-8/h6-8H,1,4-5H2,2-3H3. The molecule has 0 aromatic rings.